The molecule has 1 N–H and O–H groups in total. The van der Waals surface area contributed by atoms with E-state index in [1.807, 2.05) is 48.5 Å². The van der Waals surface area contributed by atoms with Crippen LogP contribution < -0.4 is 5.32 Å². The van der Waals surface area contributed by atoms with Crippen LogP contribution in [-0.2, 0) is 19.5 Å². The second-order valence-electron chi connectivity index (χ2n) is 7.73. The van der Waals surface area contributed by atoms with Gasteiger partial charge in [-0.15, -0.1) is 10.2 Å². The Hall–Kier alpha value is -3.81. The minimum Gasteiger partial charge on any atom is -0.322 e. The minimum atomic E-state index is -0.149. The third-order valence-corrected chi connectivity index (χ3v) is 5.52. The van der Waals surface area contributed by atoms with Crippen molar-refractivity contribution in [3.8, 4) is 11.4 Å². The molecule has 0 aliphatic carbocycles. The van der Waals surface area contributed by atoms with Crippen molar-refractivity contribution in [3.05, 3.63) is 78.1 Å². The lowest BCUT2D eigenvalue weighted by atomic mass is 10.1. The topological polar surface area (TPSA) is 90.5 Å². The molecule has 2 aromatic heterocycles. The molecule has 4 aromatic rings. The number of aromatic nitrogens is 6. The summed E-state index contributed by atoms with van der Waals surface area (Å²) in [6.07, 6.45) is 7.66. The Labute approximate surface area is 180 Å². The normalized spacial score (nSPS) is 13.4. The molecule has 0 bridgehead atoms. The second-order valence-corrected chi connectivity index (χ2v) is 7.73. The Kier molecular flexibility index (Phi) is 5.26. The van der Waals surface area contributed by atoms with E-state index in [2.05, 4.69) is 30.2 Å². The molecule has 2 aromatic carbocycles. The van der Waals surface area contributed by atoms with Crippen LogP contribution >= 0.6 is 0 Å². The van der Waals surface area contributed by atoms with Gasteiger partial charge in [0, 0.05) is 29.8 Å². The van der Waals surface area contributed by atoms with Gasteiger partial charge in [0.2, 0.25) is 0 Å². The maximum atomic E-state index is 12.7. The second kappa shape index (κ2) is 8.51. The molecule has 0 fully saturated rings. The summed E-state index contributed by atoms with van der Waals surface area (Å²) in [5.74, 6) is 1.77. The number of fused-ring (bicyclic) bond motifs is 1. The van der Waals surface area contributed by atoms with Crippen LogP contribution in [0.2, 0.25) is 0 Å². The summed E-state index contributed by atoms with van der Waals surface area (Å²) in [5, 5.41) is 15.9. The first-order valence-corrected chi connectivity index (χ1v) is 10.5. The van der Waals surface area contributed by atoms with Crippen molar-refractivity contribution in [2.75, 3.05) is 5.32 Å². The van der Waals surface area contributed by atoms with Gasteiger partial charge < -0.3 is 9.88 Å². The van der Waals surface area contributed by atoms with Crippen LogP contribution in [0.4, 0.5) is 5.69 Å². The fourth-order valence-electron chi connectivity index (χ4n) is 3.90. The molecule has 8 nitrogen and oxygen atoms in total. The highest BCUT2D eigenvalue weighted by atomic mass is 16.1. The van der Waals surface area contributed by atoms with Gasteiger partial charge in [-0.1, -0.05) is 30.7 Å². The van der Waals surface area contributed by atoms with E-state index in [9.17, 15) is 4.79 Å². The Bertz CT molecular complexity index is 1180. The van der Waals surface area contributed by atoms with Gasteiger partial charge in [0.1, 0.15) is 18.5 Å². The van der Waals surface area contributed by atoms with Crippen LogP contribution in [0.25, 0.3) is 11.4 Å². The summed E-state index contributed by atoms with van der Waals surface area (Å²) < 4.78 is 3.95. The Morgan fingerprint density at radius 2 is 1.94 bits per heavy atom. The smallest absolute Gasteiger partial charge is 0.255 e. The highest BCUT2D eigenvalue weighted by Crippen LogP contribution is 2.25. The first kappa shape index (κ1) is 19.2. The van der Waals surface area contributed by atoms with Gasteiger partial charge in [-0.25, -0.2) is 9.67 Å². The molecule has 3 heterocycles. The monoisotopic (exact) mass is 413 g/mol. The highest BCUT2D eigenvalue weighted by molar-refractivity contribution is 6.04. The molecule has 0 saturated carbocycles. The van der Waals surface area contributed by atoms with E-state index in [0.29, 0.717) is 12.1 Å². The summed E-state index contributed by atoms with van der Waals surface area (Å²) in [5.41, 5.74) is 3.35. The summed E-state index contributed by atoms with van der Waals surface area (Å²) in [6.45, 7) is 1.56. The lowest BCUT2D eigenvalue weighted by Gasteiger charge is -2.10. The van der Waals surface area contributed by atoms with E-state index in [0.717, 1.165) is 54.3 Å². The number of nitrogens with zero attached hydrogens (tertiary/aromatic N) is 6. The van der Waals surface area contributed by atoms with Crippen molar-refractivity contribution >= 4 is 11.6 Å². The van der Waals surface area contributed by atoms with Crippen molar-refractivity contribution in [2.45, 2.75) is 38.8 Å². The molecular formula is C23H23N7O. The largest absolute Gasteiger partial charge is 0.322 e. The zero-order valence-electron chi connectivity index (χ0n) is 17.1. The molecule has 0 radical (unpaired) electrons. The highest BCUT2D eigenvalue weighted by Gasteiger charge is 2.16. The zero-order chi connectivity index (χ0) is 21.0. The molecule has 31 heavy (non-hydrogen) atoms. The van der Waals surface area contributed by atoms with E-state index in [1.165, 1.54) is 12.7 Å². The SMILES string of the molecule is O=C(Nc1cccc(-c2nnc3n2CCCCC3)c1)c1ccc(Cn2cncn2)cc1. The van der Waals surface area contributed by atoms with Crippen molar-refractivity contribution in [3.63, 3.8) is 0 Å². The van der Waals surface area contributed by atoms with E-state index < -0.39 is 0 Å². The molecule has 1 aliphatic heterocycles. The van der Waals surface area contributed by atoms with Gasteiger partial charge in [0.25, 0.3) is 5.91 Å². The fraction of sp³-hybridized carbons (Fsp3) is 0.261. The van der Waals surface area contributed by atoms with Crippen molar-refractivity contribution in [1.29, 1.82) is 0 Å². The predicted octanol–water partition coefficient (Wildman–Crippen LogP) is 3.56. The van der Waals surface area contributed by atoms with Crippen molar-refractivity contribution in [2.24, 2.45) is 0 Å². The number of anilines is 1. The first-order chi connectivity index (χ1) is 15.3. The van der Waals surface area contributed by atoms with Crippen LogP contribution in [-0.4, -0.2) is 35.4 Å². The van der Waals surface area contributed by atoms with E-state index in [-0.39, 0.29) is 5.91 Å². The molecular weight excluding hydrogens is 390 g/mol. The van der Waals surface area contributed by atoms with Gasteiger partial charge in [0.15, 0.2) is 5.82 Å². The third-order valence-electron chi connectivity index (χ3n) is 5.52. The number of amides is 1. The number of carbonyl (C=O) groups is 1. The summed E-state index contributed by atoms with van der Waals surface area (Å²) in [7, 11) is 0. The molecule has 0 spiro atoms. The quantitative estimate of drug-likeness (QED) is 0.540. The van der Waals surface area contributed by atoms with Gasteiger partial charge in [-0.05, 0) is 42.7 Å². The van der Waals surface area contributed by atoms with Gasteiger partial charge in [0.05, 0.1) is 6.54 Å². The number of nitrogens with one attached hydrogen (secondary N) is 1. The number of carbonyl (C=O) groups excluding carboxylic acids is 1. The summed E-state index contributed by atoms with van der Waals surface area (Å²) in [4.78, 5) is 16.7. The maximum Gasteiger partial charge on any atom is 0.255 e. The number of hydrogen-bond acceptors (Lipinski definition) is 5. The van der Waals surface area contributed by atoms with Crippen LogP contribution in [0, 0.1) is 0 Å². The molecule has 0 unspecified atom stereocenters. The van der Waals surface area contributed by atoms with Crippen LogP contribution in [0.1, 0.15) is 41.0 Å². The Balaban J connectivity index is 1.31. The average molecular weight is 413 g/mol. The molecule has 5 rings (SSSR count). The van der Waals surface area contributed by atoms with Crippen LogP contribution in [0.15, 0.2) is 61.2 Å². The first-order valence-electron chi connectivity index (χ1n) is 10.5. The Morgan fingerprint density at radius 3 is 2.77 bits per heavy atom. The lowest BCUT2D eigenvalue weighted by Crippen LogP contribution is -2.12. The van der Waals surface area contributed by atoms with Gasteiger partial charge in [-0.2, -0.15) is 5.10 Å². The molecule has 1 aliphatic rings. The van der Waals surface area contributed by atoms with E-state index in [1.54, 1.807) is 11.0 Å². The fourth-order valence-corrected chi connectivity index (χ4v) is 3.90. The van der Waals surface area contributed by atoms with Crippen LogP contribution in [0.3, 0.4) is 0 Å². The standard InChI is InChI=1S/C23H23N7O/c31-23(18-10-8-17(9-11-18)14-29-16-24-15-25-29)26-20-6-4-5-19(13-20)22-28-27-21-7-2-1-3-12-30(21)22/h4-6,8-11,13,15-16H,1-3,7,12,14H2,(H,26,31). The minimum absolute atomic E-state index is 0.149. The van der Waals surface area contributed by atoms with Gasteiger partial charge in [-0.3, -0.25) is 4.79 Å². The predicted molar refractivity (Wildman–Crippen MR) is 117 cm³/mol. The molecule has 0 saturated heterocycles. The summed E-state index contributed by atoms with van der Waals surface area (Å²) in [6, 6.07) is 15.3. The molecule has 1 amide bonds. The van der Waals surface area contributed by atoms with Crippen LogP contribution in [0.5, 0.6) is 0 Å². The number of aryl methyl sites for hydroxylation is 1. The Morgan fingerprint density at radius 1 is 1.03 bits per heavy atom. The van der Waals surface area contributed by atoms with Crippen molar-refractivity contribution < 1.29 is 4.79 Å². The van der Waals surface area contributed by atoms with Crippen molar-refractivity contribution in [1.82, 2.24) is 29.5 Å². The molecule has 0 atom stereocenters. The number of hydrogen-bond donors (Lipinski definition) is 1. The molecule has 156 valence electrons. The third kappa shape index (κ3) is 4.23. The lowest BCUT2D eigenvalue weighted by molar-refractivity contribution is 0.102. The maximum absolute atomic E-state index is 12.7. The van der Waals surface area contributed by atoms with E-state index in [4.69, 9.17) is 0 Å². The number of benzene rings is 2. The molecule has 8 heteroatoms. The zero-order valence-corrected chi connectivity index (χ0v) is 17.1. The summed E-state index contributed by atoms with van der Waals surface area (Å²) >= 11 is 0. The van der Waals surface area contributed by atoms with E-state index >= 15 is 0 Å². The average Bonchev–Trinajstić information content (AvgIpc) is 3.39. The van der Waals surface area contributed by atoms with Gasteiger partial charge >= 0.3 is 0 Å². The number of rotatable bonds is 5.